The molecule has 2 aromatic carbocycles. The van der Waals surface area contributed by atoms with E-state index in [0.717, 1.165) is 61.8 Å². The Morgan fingerprint density at radius 3 is 2.59 bits per heavy atom. The Morgan fingerprint density at radius 1 is 1.11 bits per heavy atom. The minimum atomic E-state index is -0.179. The van der Waals surface area contributed by atoms with E-state index in [1.54, 1.807) is 7.11 Å². The van der Waals surface area contributed by atoms with E-state index < -0.39 is 0 Å². The summed E-state index contributed by atoms with van der Waals surface area (Å²) in [5, 5.41) is 5.78. The predicted octanol–water partition coefficient (Wildman–Crippen LogP) is 3.21. The molecule has 0 radical (unpaired) electrons. The van der Waals surface area contributed by atoms with Crippen molar-refractivity contribution in [1.82, 2.24) is 10.2 Å². The number of nitrogens with zero attached hydrogens (tertiary/aromatic N) is 1. The normalized spacial score (nSPS) is 14.6. The number of urea groups is 1. The van der Waals surface area contributed by atoms with E-state index in [1.165, 1.54) is 0 Å². The number of hydrogen-bond donors (Lipinski definition) is 2. The van der Waals surface area contributed by atoms with E-state index >= 15 is 0 Å². The number of amides is 2. The van der Waals surface area contributed by atoms with Crippen LogP contribution in [0.5, 0.6) is 5.75 Å². The third-order valence-electron chi connectivity index (χ3n) is 4.60. The highest BCUT2D eigenvalue weighted by Gasteiger charge is 2.10. The van der Waals surface area contributed by atoms with Crippen molar-refractivity contribution in [3.8, 4) is 16.9 Å². The second kappa shape index (κ2) is 9.94. The summed E-state index contributed by atoms with van der Waals surface area (Å²) in [6.45, 7) is 5.20. The van der Waals surface area contributed by atoms with E-state index in [-0.39, 0.29) is 6.03 Å². The molecule has 1 heterocycles. The Kier molecular flexibility index (Phi) is 7.07. The molecule has 2 amide bonds. The summed E-state index contributed by atoms with van der Waals surface area (Å²) in [7, 11) is 1.66. The molecule has 1 saturated heterocycles. The van der Waals surface area contributed by atoms with E-state index in [9.17, 15) is 4.79 Å². The minimum absolute atomic E-state index is 0.179. The lowest BCUT2D eigenvalue weighted by atomic mass is 10.0. The zero-order valence-corrected chi connectivity index (χ0v) is 15.7. The summed E-state index contributed by atoms with van der Waals surface area (Å²) < 4.78 is 10.7. The molecule has 0 bridgehead atoms. The van der Waals surface area contributed by atoms with Gasteiger partial charge in [0.25, 0.3) is 0 Å². The highest BCUT2D eigenvalue weighted by molar-refractivity contribution is 5.89. The van der Waals surface area contributed by atoms with Gasteiger partial charge in [0, 0.05) is 30.9 Å². The Bertz CT molecular complexity index is 728. The summed E-state index contributed by atoms with van der Waals surface area (Å²) in [4.78, 5) is 14.4. The first-order valence-electron chi connectivity index (χ1n) is 9.34. The Morgan fingerprint density at radius 2 is 1.85 bits per heavy atom. The largest absolute Gasteiger partial charge is 0.496 e. The monoisotopic (exact) mass is 369 g/mol. The zero-order chi connectivity index (χ0) is 18.9. The molecule has 27 heavy (non-hydrogen) atoms. The number of carbonyl (C=O) groups excluding carboxylic acids is 1. The van der Waals surface area contributed by atoms with Crippen LogP contribution in [0, 0.1) is 0 Å². The Labute approximate surface area is 160 Å². The first-order valence-corrected chi connectivity index (χ1v) is 9.34. The number of ether oxygens (including phenoxy) is 2. The van der Waals surface area contributed by atoms with E-state index in [0.29, 0.717) is 6.54 Å². The molecule has 6 nitrogen and oxygen atoms in total. The van der Waals surface area contributed by atoms with Crippen LogP contribution in [0.25, 0.3) is 11.1 Å². The molecule has 0 atom stereocenters. The maximum absolute atomic E-state index is 12.0. The summed E-state index contributed by atoms with van der Waals surface area (Å²) in [5.41, 5.74) is 2.84. The van der Waals surface area contributed by atoms with Gasteiger partial charge in [-0.2, -0.15) is 0 Å². The molecule has 1 aliphatic heterocycles. The molecule has 1 aliphatic rings. The van der Waals surface area contributed by atoms with Gasteiger partial charge < -0.3 is 20.1 Å². The van der Waals surface area contributed by atoms with Crippen molar-refractivity contribution in [3.05, 3.63) is 48.5 Å². The lowest BCUT2D eigenvalue weighted by Gasteiger charge is -2.26. The van der Waals surface area contributed by atoms with Crippen LogP contribution in [0.15, 0.2) is 48.5 Å². The van der Waals surface area contributed by atoms with E-state index in [2.05, 4.69) is 15.5 Å². The molecule has 0 saturated carbocycles. The number of methoxy groups -OCH3 is 1. The van der Waals surface area contributed by atoms with E-state index in [1.807, 2.05) is 48.5 Å². The van der Waals surface area contributed by atoms with Gasteiger partial charge in [-0.3, -0.25) is 4.90 Å². The predicted molar refractivity (Wildman–Crippen MR) is 107 cm³/mol. The summed E-state index contributed by atoms with van der Waals surface area (Å²) in [6.07, 6.45) is 0.931. The fraction of sp³-hybridized carbons (Fsp3) is 0.381. The quantitative estimate of drug-likeness (QED) is 0.736. The molecule has 0 unspecified atom stereocenters. The van der Waals surface area contributed by atoms with Crippen LogP contribution in [0.3, 0.4) is 0 Å². The van der Waals surface area contributed by atoms with Crippen molar-refractivity contribution < 1.29 is 14.3 Å². The van der Waals surface area contributed by atoms with Crippen LogP contribution < -0.4 is 15.4 Å². The molecular weight excluding hydrogens is 342 g/mol. The molecule has 0 aliphatic carbocycles. The zero-order valence-electron chi connectivity index (χ0n) is 15.7. The van der Waals surface area contributed by atoms with Crippen LogP contribution in [-0.2, 0) is 4.74 Å². The van der Waals surface area contributed by atoms with Crippen LogP contribution in [0.1, 0.15) is 6.42 Å². The molecule has 1 fully saturated rings. The summed E-state index contributed by atoms with van der Waals surface area (Å²) in [5.74, 6) is 0.830. The van der Waals surface area contributed by atoms with Gasteiger partial charge in [0.05, 0.1) is 20.3 Å². The topological polar surface area (TPSA) is 62.8 Å². The minimum Gasteiger partial charge on any atom is -0.496 e. The van der Waals surface area contributed by atoms with Gasteiger partial charge in [-0.1, -0.05) is 30.3 Å². The smallest absolute Gasteiger partial charge is 0.319 e. The first kappa shape index (κ1) is 19.2. The van der Waals surface area contributed by atoms with Crippen molar-refractivity contribution >= 4 is 11.7 Å². The third-order valence-corrected chi connectivity index (χ3v) is 4.60. The van der Waals surface area contributed by atoms with Gasteiger partial charge in [-0.25, -0.2) is 4.79 Å². The Hall–Kier alpha value is -2.57. The fourth-order valence-corrected chi connectivity index (χ4v) is 3.12. The molecule has 2 aromatic rings. The summed E-state index contributed by atoms with van der Waals surface area (Å²) >= 11 is 0. The molecule has 0 aromatic heterocycles. The number of para-hydroxylation sites is 1. The van der Waals surface area contributed by atoms with Crippen molar-refractivity contribution in [1.29, 1.82) is 0 Å². The Balaban J connectivity index is 1.44. The highest BCUT2D eigenvalue weighted by Crippen LogP contribution is 2.30. The van der Waals surface area contributed by atoms with Gasteiger partial charge in [-0.15, -0.1) is 0 Å². The van der Waals surface area contributed by atoms with Crippen LogP contribution in [0.2, 0.25) is 0 Å². The standard InChI is InChI=1S/C21H27N3O3/c1-26-20-6-3-2-5-19(20)17-7-9-18(10-8-17)23-21(25)22-11-4-12-24-13-15-27-16-14-24/h2-3,5-10H,4,11-16H2,1H3,(H2,22,23,25). The lowest BCUT2D eigenvalue weighted by Crippen LogP contribution is -2.38. The second-order valence-corrected chi connectivity index (χ2v) is 6.47. The van der Waals surface area contributed by atoms with Gasteiger partial charge in [0.15, 0.2) is 0 Å². The number of carbonyl (C=O) groups is 1. The number of benzene rings is 2. The van der Waals surface area contributed by atoms with Crippen molar-refractivity contribution in [2.24, 2.45) is 0 Å². The van der Waals surface area contributed by atoms with Gasteiger partial charge >= 0.3 is 6.03 Å². The first-order chi connectivity index (χ1) is 13.3. The van der Waals surface area contributed by atoms with Gasteiger partial charge in [-0.05, 0) is 36.7 Å². The average molecular weight is 369 g/mol. The van der Waals surface area contributed by atoms with E-state index in [4.69, 9.17) is 9.47 Å². The number of rotatable bonds is 7. The van der Waals surface area contributed by atoms with Gasteiger partial charge in [0.2, 0.25) is 0 Å². The maximum atomic E-state index is 12.0. The van der Waals surface area contributed by atoms with Crippen LogP contribution >= 0.6 is 0 Å². The average Bonchev–Trinajstić information content (AvgIpc) is 2.72. The SMILES string of the molecule is COc1ccccc1-c1ccc(NC(=O)NCCCN2CCOCC2)cc1. The molecule has 3 rings (SSSR count). The van der Waals surface area contributed by atoms with Crippen molar-refractivity contribution in [3.63, 3.8) is 0 Å². The number of anilines is 1. The molecule has 6 heteroatoms. The third kappa shape index (κ3) is 5.70. The summed E-state index contributed by atoms with van der Waals surface area (Å²) in [6, 6.07) is 15.5. The lowest BCUT2D eigenvalue weighted by molar-refractivity contribution is 0.0375. The van der Waals surface area contributed by atoms with Crippen molar-refractivity contribution in [2.75, 3.05) is 51.8 Å². The molecule has 0 spiro atoms. The number of morpholine rings is 1. The second-order valence-electron chi connectivity index (χ2n) is 6.47. The van der Waals surface area contributed by atoms with Gasteiger partial charge in [0.1, 0.15) is 5.75 Å². The number of nitrogens with one attached hydrogen (secondary N) is 2. The van der Waals surface area contributed by atoms with Crippen LogP contribution in [0.4, 0.5) is 10.5 Å². The highest BCUT2D eigenvalue weighted by atomic mass is 16.5. The van der Waals surface area contributed by atoms with Crippen molar-refractivity contribution in [2.45, 2.75) is 6.42 Å². The molecular formula is C21H27N3O3. The molecule has 2 N–H and O–H groups in total. The molecule has 144 valence electrons. The van der Waals surface area contributed by atoms with Crippen LogP contribution in [-0.4, -0.2) is 57.4 Å². The maximum Gasteiger partial charge on any atom is 0.319 e. The number of hydrogen-bond acceptors (Lipinski definition) is 4. The fourth-order valence-electron chi connectivity index (χ4n) is 3.12.